The van der Waals surface area contributed by atoms with Crippen LogP contribution in [-0.4, -0.2) is 107 Å². The van der Waals surface area contributed by atoms with Crippen molar-refractivity contribution in [2.24, 2.45) is 5.41 Å². The first kappa shape index (κ1) is 34.8. The van der Waals surface area contributed by atoms with E-state index in [4.69, 9.17) is 14.7 Å². The highest BCUT2D eigenvalue weighted by atomic mass is 19.4. The van der Waals surface area contributed by atoms with E-state index >= 15 is 0 Å². The Labute approximate surface area is 311 Å². The summed E-state index contributed by atoms with van der Waals surface area (Å²) in [7, 11) is 0. The van der Waals surface area contributed by atoms with Crippen molar-refractivity contribution in [1.29, 1.82) is 5.26 Å². The molecular weight excluding hydrogens is 695 g/mol. The van der Waals surface area contributed by atoms with E-state index < -0.39 is 12.8 Å². The number of halogens is 3. The summed E-state index contributed by atoms with van der Waals surface area (Å²) in [5.74, 6) is 1.33. The number of nitrogens with zero attached hydrogens (tertiary/aromatic N) is 8. The lowest BCUT2D eigenvalue weighted by Gasteiger charge is -2.54. The van der Waals surface area contributed by atoms with Gasteiger partial charge in [-0.1, -0.05) is 12.6 Å². The number of carbonyl (C=O) groups is 1. The number of carbonyl (C=O) groups excluding carboxylic acids is 1. The zero-order chi connectivity index (χ0) is 37.4. The topological polar surface area (TPSA) is 118 Å². The average molecular weight is 740 g/mol. The number of piperidine rings is 1. The van der Waals surface area contributed by atoms with Crippen LogP contribution in [0.2, 0.25) is 0 Å². The van der Waals surface area contributed by atoms with Crippen molar-refractivity contribution in [1.82, 2.24) is 30.0 Å². The van der Waals surface area contributed by atoms with Crippen molar-refractivity contribution in [3.05, 3.63) is 48.2 Å². The molecule has 54 heavy (non-hydrogen) atoms. The van der Waals surface area contributed by atoms with Crippen LogP contribution < -0.4 is 14.5 Å². The van der Waals surface area contributed by atoms with Crippen LogP contribution in [0.3, 0.4) is 0 Å². The fourth-order valence-electron chi connectivity index (χ4n) is 9.46. The lowest BCUT2D eigenvalue weighted by atomic mass is 9.72. The minimum Gasteiger partial charge on any atom is -0.481 e. The molecule has 1 amide bonds. The average Bonchev–Trinajstić information content (AvgIpc) is 3.59. The molecule has 2 aromatic carbocycles. The molecule has 9 rings (SSSR count). The van der Waals surface area contributed by atoms with Crippen LogP contribution >= 0.6 is 0 Å². The highest BCUT2D eigenvalue weighted by Gasteiger charge is 2.50. The molecule has 4 aromatic rings. The van der Waals surface area contributed by atoms with E-state index in [1.165, 1.54) is 6.08 Å². The van der Waals surface area contributed by atoms with E-state index in [1.807, 2.05) is 24.0 Å². The minimum absolute atomic E-state index is 0.0268. The van der Waals surface area contributed by atoms with Crippen LogP contribution in [0.5, 0.6) is 5.75 Å². The van der Waals surface area contributed by atoms with Gasteiger partial charge in [-0.2, -0.15) is 28.5 Å². The van der Waals surface area contributed by atoms with Gasteiger partial charge in [-0.05, 0) is 99.4 Å². The van der Waals surface area contributed by atoms with Crippen molar-refractivity contribution in [3.8, 4) is 22.9 Å². The molecule has 0 radical (unpaired) electrons. The van der Waals surface area contributed by atoms with Gasteiger partial charge in [-0.25, -0.2) is 4.98 Å². The van der Waals surface area contributed by atoms with Gasteiger partial charge in [0.05, 0.1) is 29.7 Å². The highest BCUT2D eigenvalue weighted by Crippen LogP contribution is 2.54. The number of hydrogen-bond acceptors (Lipinski definition) is 9. The number of nitriles is 1. The quantitative estimate of drug-likeness (QED) is 0.193. The minimum atomic E-state index is -4.58. The van der Waals surface area contributed by atoms with Crippen LogP contribution in [-0.2, 0) is 4.79 Å². The van der Waals surface area contributed by atoms with Gasteiger partial charge in [0.1, 0.15) is 11.3 Å². The number of fused-ring (bicyclic) bond motifs is 2. The van der Waals surface area contributed by atoms with E-state index in [0.29, 0.717) is 73.9 Å². The first-order chi connectivity index (χ1) is 26.0. The number of nitrogens with one attached hydrogen (secondary N) is 1. The molecular formula is C40H44F3N9O2. The Morgan fingerprint density at radius 1 is 1.06 bits per heavy atom. The SMILES string of the molecule is C=CC(=O)N1CC2(CCN(c3nc(N4CC(CC#N)(N5CCCC5)C4)nc4c(OCC(F)(F)F)c(-c5c(C)ccc6[nH]ncc56)c(C5CC5)cc34)CC2)C1. The van der Waals surface area contributed by atoms with Crippen molar-refractivity contribution in [3.63, 3.8) is 0 Å². The van der Waals surface area contributed by atoms with Crippen LogP contribution in [0.4, 0.5) is 24.9 Å². The van der Waals surface area contributed by atoms with Crippen LogP contribution in [0, 0.1) is 23.7 Å². The largest absolute Gasteiger partial charge is 0.481 e. The number of aryl methyl sites for hydroxylation is 1. The molecule has 0 bridgehead atoms. The number of H-pyrrole nitrogens is 1. The van der Waals surface area contributed by atoms with Gasteiger partial charge in [0.15, 0.2) is 12.4 Å². The summed E-state index contributed by atoms with van der Waals surface area (Å²) >= 11 is 0. The first-order valence-electron chi connectivity index (χ1n) is 19.0. The summed E-state index contributed by atoms with van der Waals surface area (Å²) in [5, 5.41) is 18.7. The molecule has 1 aliphatic carbocycles. The normalized spacial score (nSPS) is 21.0. The molecule has 2 aromatic heterocycles. The van der Waals surface area contributed by atoms with E-state index in [2.05, 4.69) is 43.6 Å². The van der Waals surface area contributed by atoms with Gasteiger partial charge in [-0.3, -0.25) is 14.8 Å². The number of ether oxygens (including phenoxy) is 1. The number of likely N-dealkylation sites (tertiary alicyclic amines) is 2. The Kier molecular flexibility index (Phi) is 8.30. The molecule has 5 aliphatic rings. The molecule has 6 heterocycles. The highest BCUT2D eigenvalue weighted by molar-refractivity contribution is 6.06. The maximum Gasteiger partial charge on any atom is 0.422 e. The monoisotopic (exact) mass is 739 g/mol. The maximum absolute atomic E-state index is 14.1. The van der Waals surface area contributed by atoms with E-state index in [0.717, 1.165) is 79.2 Å². The van der Waals surface area contributed by atoms with Gasteiger partial charge in [0.2, 0.25) is 11.9 Å². The van der Waals surface area contributed by atoms with Gasteiger partial charge in [-0.15, -0.1) is 0 Å². The Morgan fingerprint density at radius 3 is 2.46 bits per heavy atom. The molecule has 4 aliphatic heterocycles. The molecule has 11 nitrogen and oxygen atoms in total. The Balaban J connectivity index is 1.20. The number of benzene rings is 2. The summed E-state index contributed by atoms with van der Waals surface area (Å²) in [6.45, 7) is 9.87. The Hall–Kier alpha value is -4.90. The molecule has 0 unspecified atom stereocenters. The van der Waals surface area contributed by atoms with Gasteiger partial charge >= 0.3 is 6.18 Å². The lowest BCUT2D eigenvalue weighted by molar-refractivity contribution is -0.153. The van der Waals surface area contributed by atoms with Crippen molar-refractivity contribution in [2.45, 2.75) is 69.5 Å². The second-order valence-corrected chi connectivity index (χ2v) is 16.2. The summed E-state index contributed by atoms with van der Waals surface area (Å²) in [4.78, 5) is 31.2. The molecule has 1 saturated carbocycles. The number of hydrogen-bond donors (Lipinski definition) is 1. The molecule has 14 heteroatoms. The third-order valence-electron chi connectivity index (χ3n) is 12.5. The number of rotatable bonds is 9. The number of aromatic amines is 1. The third kappa shape index (κ3) is 5.91. The summed E-state index contributed by atoms with van der Waals surface area (Å²) in [6, 6.07) is 8.41. The zero-order valence-electron chi connectivity index (χ0n) is 30.5. The fourth-order valence-corrected chi connectivity index (χ4v) is 9.46. The van der Waals surface area contributed by atoms with Crippen molar-refractivity contribution in [2.75, 3.05) is 68.8 Å². The number of alkyl halides is 3. The predicted octanol–water partition coefficient (Wildman–Crippen LogP) is 6.48. The Morgan fingerprint density at radius 2 is 1.80 bits per heavy atom. The second kappa shape index (κ2) is 12.9. The number of amides is 1. The van der Waals surface area contributed by atoms with E-state index in [9.17, 15) is 23.2 Å². The number of aromatic nitrogens is 4. The van der Waals surface area contributed by atoms with Gasteiger partial charge < -0.3 is 19.4 Å². The molecule has 282 valence electrons. The standard InChI is InChI=1S/C40H44F3N9O2/c1-3-31(53)50-20-38(21-50)11-16-49(17-12-38)36-28-18-27(26-7-8-26)33(32-25(2)6-9-30-29(32)19-45-48-30)35(54-24-40(41,42)43)34(28)46-37(47-36)51-22-39(23-51,10-13-44)52-14-4-5-15-52/h3,6,9,18-19,26H,1,4-5,7-8,10-12,14-17,20-24H2,2H3,(H,45,48). The summed E-state index contributed by atoms with van der Waals surface area (Å²) in [6.07, 6.45) is 4.62. The van der Waals surface area contributed by atoms with Crippen LogP contribution in [0.1, 0.15) is 62.0 Å². The summed E-state index contributed by atoms with van der Waals surface area (Å²) < 4.78 is 48.4. The third-order valence-corrected chi connectivity index (χ3v) is 12.5. The molecule has 1 spiro atoms. The lowest BCUT2D eigenvalue weighted by Crippen LogP contribution is -2.70. The van der Waals surface area contributed by atoms with Gasteiger partial charge in [0.25, 0.3) is 0 Å². The van der Waals surface area contributed by atoms with Crippen LogP contribution in [0.15, 0.2) is 37.1 Å². The molecule has 4 saturated heterocycles. The molecule has 5 fully saturated rings. The van der Waals surface area contributed by atoms with Crippen molar-refractivity contribution < 1.29 is 22.7 Å². The number of anilines is 2. The smallest absolute Gasteiger partial charge is 0.422 e. The fraction of sp³-hybridized carbons (Fsp3) is 0.525. The van der Waals surface area contributed by atoms with E-state index in [1.54, 1.807) is 6.20 Å². The maximum atomic E-state index is 14.1. The van der Waals surface area contributed by atoms with Crippen molar-refractivity contribution >= 4 is 39.5 Å². The predicted molar refractivity (Wildman–Crippen MR) is 200 cm³/mol. The summed E-state index contributed by atoms with van der Waals surface area (Å²) in [5.41, 5.74) is 4.11. The second-order valence-electron chi connectivity index (χ2n) is 16.2. The molecule has 1 N–H and O–H groups in total. The Bertz CT molecular complexity index is 2180. The zero-order valence-corrected chi connectivity index (χ0v) is 30.5. The molecule has 0 atom stereocenters. The first-order valence-corrected chi connectivity index (χ1v) is 19.0. The van der Waals surface area contributed by atoms with Gasteiger partial charge in [0, 0.05) is 61.0 Å². The van der Waals surface area contributed by atoms with E-state index in [-0.39, 0.29) is 28.5 Å². The van der Waals surface area contributed by atoms with Crippen LogP contribution in [0.25, 0.3) is 32.9 Å².